The van der Waals surface area contributed by atoms with Crippen LogP contribution in [0.2, 0.25) is 0 Å². The minimum Gasteiger partial charge on any atom is -0.313 e. The summed E-state index contributed by atoms with van der Waals surface area (Å²) in [7, 11) is 2.15. The van der Waals surface area contributed by atoms with E-state index < -0.39 is 0 Å². The third-order valence-electron chi connectivity index (χ3n) is 4.95. The van der Waals surface area contributed by atoms with Gasteiger partial charge in [0.15, 0.2) is 12.5 Å². The molecule has 2 aromatic heterocycles. The van der Waals surface area contributed by atoms with Gasteiger partial charge in [-0.05, 0) is 31.3 Å². The fourth-order valence-electron chi connectivity index (χ4n) is 3.12. The third kappa shape index (κ3) is 3.78. The number of H-pyrrole nitrogens is 1. The molecule has 7 nitrogen and oxygen atoms in total. The van der Waals surface area contributed by atoms with E-state index in [2.05, 4.69) is 58.4 Å². The zero-order valence-electron chi connectivity index (χ0n) is 15.8. The van der Waals surface area contributed by atoms with E-state index in [0.29, 0.717) is 11.4 Å². The molecule has 0 saturated heterocycles. The predicted molar refractivity (Wildman–Crippen MR) is 110 cm³/mol. The van der Waals surface area contributed by atoms with Crippen LogP contribution >= 0.6 is 12.2 Å². The molecule has 4 aromatic rings. The summed E-state index contributed by atoms with van der Waals surface area (Å²) in [6.07, 6.45) is 3.23. The molecule has 0 aliphatic heterocycles. The first-order valence-corrected chi connectivity index (χ1v) is 9.52. The molecule has 0 saturated carbocycles. The Bertz CT molecular complexity index is 1080. The molecule has 0 radical (unpaired) electrons. The van der Waals surface area contributed by atoms with E-state index in [4.69, 9.17) is 12.2 Å². The highest BCUT2D eigenvalue weighted by molar-refractivity contribution is 7.71. The molecular weight excluding hydrogens is 370 g/mol. The van der Waals surface area contributed by atoms with Crippen LogP contribution < -0.4 is 4.90 Å². The maximum absolute atomic E-state index is 5.45. The van der Waals surface area contributed by atoms with Crippen molar-refractivity contribution in [1.29, 1.82) is 0 Å². The normalized spacial score (nSPS) is 13.4. The van der Waals surface area contributed by atoms with Crippen LogP contribution in [0.5, 0.6) is 0 Å². The van der Waals surface area contributed by atoms with E-state index in [0.717, 1.165) is 17.1 Å². The summed E-state index contributed by atoms with van der Waals surface area (Å²) in [4.78, 5) is 9.79. The molecule has 2 N–H and O–H groups in total. The molecule has 1 unspecified atom stereocenters. The molecule has 0 fully saturated rings. The van der Waals surface area contributed by atoms with Crippen molar-refractivity contribution in [2.45, 2.75) is 19.6 Å². The van der Waals surface area contributed by atoms with Crippen molar-refractivity contribution < 1.29 is 4.90 Å². The van der Waals surface area contributed by atoms with Gasteiger partial charge in [0.25, 0.3) is 0 Å². The van der Waals surface area contributed by atoms with Crippen LogP contribution in [-0.4, -0.2) is 36.6 Å². The maximum atomic E-state index is 5.45. The van der Waals surface area contributed by atoms with Crippen LogP contribution in [0.15, 0.2) is 67.3 Å². The number of hydrogen-bond donors (Lipinski definition) is 2. The SMILES string of the molecule is C[C@H](c1ccc(-n2cncn2)cc1)[NH+](C)Cn1[nH]c(-c2ccccc2)nc1=S. The Morgan fingerprint density at radius 3 is 2.54 bits per heavy atom. The molecule has 0 amide bonds. The summed E-state index contributed by atoms with van der Waals surface area (Å²) in [6.45, 7) is 2.91. The zero-order chi connectivity index (χ0) is 19.5. The van der Waals surface area contributed by atoms with E-state index in [1.54, 1.807) is 11.0 Å². The zero-order valence-corrected chi connectivity index (χ0v) is 16.6. The molecular formula is C20H22N7S+. The van der Waals surface area contributed by atoms with Crippen molar-refractivity contribution in [3.05, 3.63) is 77.6 Å². The molecule has 28 heavy (non-hydrogen) atoms. The number of quaternary nitrogens is 1. The standard InChI is InChI=1S/C20H21N7S/c1-15(16-8-10-18(11-9-16)26-13-21-12-22-26)25(2)14-27-20(28)23-19(24-27)17-6-4-3-5-7-17/h3-13,15H,14H2,1-2H3,(H,23,24,28)/p+1/t15-/m1/s1. The van der Waals surface area contributed by atoms with Crippen molar-refractivity contribution in [1.82, 2.24) is 29.5 Å². The van der Waals surface area contributed by atoms with Crippen LogP contribution in [-0.2, 0) is 6.67 Å². The van der Waals surface area contributed by atoms with E-state index in [9.17, 15) is 0 Å². The summed E-state index contributed by atoms with van der Waals surface area (Å²) in [5, 5.41) is 7.49. The quantitative estimate of drug-likeness (QED) is 0.495. The van der Waals surface area contributed by atoms with Crippen LogP contribution in [0.25, 0.3) is 17.1 Å². The smallest absolute Gasteiger partial charge is 0.221 e. The molecule has 2 atom stereocenters. The Morgan fingerprint density at radius 2 is 1.86 bits per heavy atom. The predicted octanol–water partition coefficient (Wildman–Crippen LogP) is 2.42. The van der Waals surface area contributed by atoms with E-state index >= 15 is 0 Å². The summed E-state index contributed by atoms with van der Waals surface area (Å²) in [6, 6.07) is 18.7. The first-order chi connectivity index (χ1) is 13.6. The van der Waals surface area contributed by atoms with Crippen LogP contribution in [0.4, 0.5) is 0 Å². The van der Waals surface area contributed by atoms with Gasteiger partial charge in [0.05, 0.1) is 12.7 Å². The second-order valence-corrected chi connectivity index (χ2v) is 7.17. The Kier molecular flexibility index (Phi) is 5.14. The van der Waals surface area contributed by atoms with Crippen LogP contribution in [0.3, 0.4) is 0 Å². The average Bonchev–Trinajstić information content (AvgIpc) is 3.39. The second-order valence-electron chi connectivity index (χ2n) is 6.81. The van der Waals surface area contributed by atoms with Gasteiger partial charge in [-0.2, -0.15) is 10.1 Å². The lowest BCUT2D eigenvalue weighted by Gasteiger charge is -2.22. The highest BCUT2D eigenvalue weighted by atomic mass is 32.1. The average molecular weight is 393 g/mol. The lowest BCUT2D eigenvalue weighted by Crippen LogP contribution is -3.08. The summed E-state index contributed by atoms with van der Waals surface area (Å²) < 4.78 is 4.24. The van der Waals surface area contributed by atoms with Gasteiger partial charge in [0.2, 0.25) is 4.77 Å². The molecule has 0 aliphatic carbocycles. The number of benzene rings is 2. The van der Waals surface area contributed by atoms with Crippen molar-refractivity contribution in [2.24, 2.45) is 0 Å². The van der Waals surface area contributed by atoms with Gasteiger partial charge in [0.1, 0.15) is 18.7 Å². The highest BCUT2D eigenvalue weighted by Gasteiger charge is 2.17. The molecule has 0 aliphatic rings. The van der Waals surface area contributed by atoms with Crippen molar-refractivity contribution in [3.8, 4) is 17.1 Å². The highest BCUT2D eigenvalue weighted by Crippen LogP contribution is 2.15. The van der Waals surface area contributed by atoms with E-state index in [1.807, 2.05) is 35.0 Å². The monoisotopic (exact) mass is 392 g/mol. The number of nitrogens with one attached hydrogen (secondary N) is 2. The van der Waals surface area contributed by atoms with Gasteiger partial charge in [-0.1, -0.05) is 42.5 Å². The van der Waals surface area contributed by atoms with E-state index in [1.165, 1.54) is 16.8 Å². The third-order valence-corrected chi connectivity index (χ3v) is 5.26. The van der Waals surface area contributed by atoms with Gasteiger partial charge in [-0.3, -0.25) is 5.10 Å². The van der Waals surface area contributed by atoms with Gasteiger partial charge in [-0.15, -0.1) is 0 Å². The number of aromatic amines is 1. The van der Waals surface area contributed by atoms with Crippen molar-refractivity contribution in [2.75, 3.05) is 7.05 Å². The fourth-order valence-corrected chi connectivity index (χ4v) is 3.32. The summed E-state index contributed by atoms with van der Waals surface area (Å²) >= 11 is 5.45. The molecule has 0 bridgehead atoms. The molecule has 8 heteroatoms. The van der Waals surface area contributed by atoms with Crippen molar-refractivity contribution >= 4 is 12.2 Å². The Morgan fingerprint density at radius 1 is 1.11 bits per heavy atom. The lowest BCUT2D eigenvalue weighted by atomic mass is 10.1. The minimum atomic E-state index is 0.287. The van der Waals surface area contributed by atoms with Crippen molar-refractivity contribution in [3.63, 3.8) is 0 Å². The lowest BCUT2D eigenvalue weighted by molar-refractivity contribution is -0.933. The van der Waals surface area contributed by atoms with Gasteiger partial charge in [0, 0.05) is 11.1 Å². The molecule has 142 valence electrons. The molecule has 0 spiro atoms. The largest absolute Gasteiger partial charge is 0.313 e. The summed E-state index contributed by atoms with van der Waals surface area (Å²) in [5.74, 6) is 0.795. The summed E-state index contributed by atoms with van der Waals surface area (Å²) in [5.41, 5.74) is 3.27. The first-order valence-electron chi connectivity index (χ1n) is 9.11. The first kappa shape index (κ1) is 18.3. The fraction of sp³-hybridized carbons (Fsp3) is 0.200. The number of rotatable bonds is 6. The van der Waals surface area contributed by atoms with Crippen LogP contribution in [0.1, 0.15) is 18.5 Å². The van der Waals surface area contributed by atoms with Gasteiger partial charge < -0.3 is 4.90 Å². The van der Waals surface area contributed by atoms with Crippen LogP contribution in [0, 0.1) is 4.77 Å². The maximum Gasteiger partial charge on any atom is 0.221 e. The number of nitrogens with zero attached hydrogens (tertiary/aromatic N) is 5. The Hall–Kier alpha value is -3.10. The van der Waals surface area contributed by atoms with Gasteiger partial charge in [-0.25, -0.2) is 14.3 Å². The molecule has 4 rings (SSSR count). The molecule has 2 aromatic carbocycles. The molecule has 2 heterocycles. The van der Waals surface area contributed by atoms with E-state index in [-0.39, 0.29) is 6.04 Å². The number of aromatic nitrogens is 6. The number of hydrogen-bond acceptors (Lipinski definition) is 4. The minimum absolute atomic E-state index is 0.287. The second kappa shape index (κ2) is 7.87. The Balaban J connectivity index is 1.48. The topological polar surface area (TPSA) is 68.8 Å². The van der Waals surface area contributed by atoms with Gasteiger partial charge >= 0.3 is 0 Å². The Labute approximate surface area is 168 Å².